The SMILES string of the molecule is CC(C)(CN)C(=O)N1CCc2ccccc2C1.Cl. The molecule has 0 bridgehead atoms. The Bertz CT molecular complexity index is 432. The number of nitrogens with two attached hydrogens (primary N) is 1. The Kier molecular flexibility index (Phi) is 4.77. The topological polar surface area (TPSA) is 46.3 Å². The molecule has 2 N–H and O–H groups in total. The van der Waals surface area contributed by atoms with E-state index >= 15 is 0 Å². The highest BCUT2D eigenvalue weighted by Crippen LogP contribution is 2.24. The summed E-state index contributed by atoms with van der Waals surface area (Å²) in [7, 11) is 0. The fourth-order valence-electron chi connectivity index (χ4n) is 2.18. The number of rotatable bonds is 2. The number of hydrogen-bond donors (Lipinski definition) is 1. The molecule has 0 fully saturated rings. The van der Waals surface area contributed by atoms with Crippen LogP contribution in [0.5, 0.6) is 0 Å². The van der Waals surface area contributed by atoms with Gasteiger partial charge in [0.2, 0.25) is 5.91 Å². The number of halogens is 1. The van der Waals surface area contributed by atoms with Crippen molar-refractivity contribution in [2.45, 2.75) is 26.8 Å². The van der Waals surface area contributed by atoms with Crippen LogP contribution in [-0.4, -0.2) is 23.9 Å². The van der Waals surface area contributed by atoms with Crippen LogP contribution in [0.3, 0.4) is 0 Å². The standard InChI is InChI=1S/C14H20N2O.ClH/c1-14(2,10-15)13(17)16-8-7-11-5-3-4-6-12(11)9-16;/h3-6H,7-10,15H2,1-2H3;1H. The maximum atomic E-state index is 12.3. The van der Waals surface area contributed by atoms with E-state index in [1.807, 2.05) is 24.8 Å². The van der Waals surface area contributed by atoms with Gasteiger partial charge in [0, 0.05) is 19.6 Å². The summed E-state index contributed by atoms with van der Waals surface area (Å²) < 4.78 is 0. The van der Waals surface area contributed by atoms with Gasteiger partial charge in [-0.05, 0) is 31.4 Å². The summed E-state index contributed by atoms with van der Waals surface area (Å²) in [5.74, 6) is 0.162. The van der Waals surface area contributed by atoms with Crippen molar-refractivity contribution in [2.75, 3.05) is 13.1 Å². The minimum absolute atomic E-state index is 0. The lowest BCUT2D eigenvalue weighted by Crippen LogP contribution is -2.46. The lowest BCUT2D eigenvalue weighted by molar-refractivity contribution is -0.140. The second-order valence-electron chi connectivity index (χ2n) is 5.33. The first-order valence-electron chi connectivity index (χ1n) is 6.11. The zero-order valence-corrected chi connectivity index (χ0v) is 11.8. The largest absolute Gasteiger partial charge is 0.338 e. The van der Waals surface area contributed by atoms with E-state index in [4.69, 9.17) is 5.73 Å². The molecule has 1 heterocycles. The maximum Gasteiger partial charge on any atom is 0.229 e. The van der Waals surface area contributed by atoms with Gasteiger partial charge in [0.05, 0.1) is 5.41 Å². The van der Waals surface area contributed by atoms with E-state index in [1.165, 1.54) is 11.1 Å². The molecular formula is C14H21ClN2O. The molecule has 0 unspecified atom stereocenters. The lowest BCUT2D eigenvalue weighted by Gasteiger charge is -2.34. The zero-order chi connectivity index (χ0) is 12.5. The second-order valence-corrected chi connectivity index (χ2v) is 5.33. The Morgan fingerprint density at radius 1 is 1.33 bits per heavy atom. The van der Waals surface area contributed by atoms with Crippen LogP contribution in [0.25, 0.3) is 0 Å². The third-order valence-corrected chi connectivity index (χ3v) is 3.51. The van der Waals surface area contributed by atoms with E-state index in [0.29, 0.717) is 6.54 Å². The molecule has 0 spiro atoms. The lowest BCUT2D eigenvalue weighted by atomic mass is 9.90. The number of benzene rings is 1. The molecule has 1 aliphatic rings. The number of amides is 1. The van der Waals surface area contributed by atoms with Crippen molar-refractivity contribution in [1.29, 1.82) is 0 Å². The quantitative estimate of drug-likeness (QED) is 0.892. The minimum Gasteiger partial charge on any atom is -0.338 e. The molecular weight excluding hydrogens is 248 g/mol. The van der Waals surface area contributed by atoms with Gasteiger partial charge in [-0.15, -0.1) is 12.4 Å². The molecule has 0 radical (unpaired) electrons. The van der Waals surface area contributed by atoms with Crippen LogP contribution in [0, 0.1) is 5.41 Å². The highest BCUT2D eigenvalue weighted by molar-refractivity contribution is 5.85. The predicted octanol–water partition coefficient (Wildman–Crippen LogP) is 1.98. The summed E-state index contributed by atoms with van der Waals surface area (Å²) in [6.45, 7) is 5.74. The van der Waals surface area contributed by atoms with E-state index in [1.54, 1.807) is 0 Å². The van der Waals surface area contributed by atoms with Crippen LogP contribution in [0.4, 0.5) is 0 Å². The number of nitrogens with zero attached hydrogens (tertiary/aromatic N) is 1. The summed E-state index contributed by atoms with van der Waals surface area (Å²) >= 11 is 0. The van der Waals surface area contributed by atoms with Gasteiger partial charge < -0.3 is 10.6 Å². The van der Waals surface area contributed by atoms with Gasteiger partial charge >= 0.3 is 0 Å². The van der Waals surface area contributed by atoms with E-state index < -0.39 is 5.41 Å². The van der Waals surface area contributed by atoms with Crippen molar-refractivity contribution in [3.8, 4) is 0 Å². The molecule has 0 atom stereocenters. The fourth-order valence-corrected chi connectivity index (χ4v) is 2.18. The van der Waals surface area contributed by atoms with Gasteiger partial charge in [0.1, 0.15) is 0 Å². The molecule has 4 heteroatoms. The molecule has 0 saturated carbocycles. The molecule has 3 nitrogen and oxygen atoms in total. The zero-order valence-electron chi connectivity index (χ0n) is 11.0. The fraction of sp³-hybridized carbons (Fsp3) is 0.500. The van der Waals surface area contributed by atoms with Crippen LogP contribution >= 0.6 is 12.4 Å². The normalized spacial score (nSPS) is 14.7. The van der Waals surface area contributed by atoms with Crippen molar-refractivity contribution in [1.82, 2.24) is 4.90 Å². The van der Waals surface area contributed by atoms with Gasteiger partial charge in [-0.1, -0.05) is 24.3 Å². The Hall–Kier alpha value is -1.06. The van der Waals surface area contributed by atoms with Crippen molar-refractivity contribution in [3.63, 3.8) is 0 Å². The molecule has 0 aromatic heterocycles. The monoisotopic (exact) mass is 268 g/mol. The first kappa shape index (κ1) is 15.0. The third-order valence-electron chi connectivity index (χ3n) is 3.51. The van der Waals surface area contributed by atoms with Crippen molar-refractivity contribution >= 4 is 18.3 Å². The minimum atomic E-state index is -0.452. The highest BCUT2D eigenvalue weighted by atomic mass is 35.5. The number of carbonyl (C=O) groups is 1. The Morgan fingerprint density at radius 2 is 1.94 bits per heavy atom. The summed E-state index contributed by atoms with van der Waals surface area (Å²) in [6, 6.07) is 8.33. The number of hydrogen-bond acceptors (Lipinski definition) is 2. The van der Waals surface area contributed by atoms with Crippen LogP contribution in [0.1, 0.15) is 25.0 Å². The van der Waals surface area contributed by atoms with E-state index in [9.17, 15) is 4.79 Å². The Labute approximate surface area is 115 Å². The molecule has 1 aromatic rings. The summed E-state index contributed by atoms with van der Waals surface area (Å²) in [5.41, 5.74) is 7.84. The number of carbonyl (C=O) groups excluding carboxylic acids is 1. The molecule has 1 amide bonds. The molecule has 2 rings (SSSR count). The van der Waals surface area contributed by atoms with Crippen molar-refractivity contribution in [2.24, 2.45) is 11.1 Å². The maximum absolute atomic E-state index is 12.3. The van der Waals surface area contributed by atoms with E-state index in [-0.39, 0.29) is 18.3 Å². The smallest absolute Gasteiger partial charge is 0.229 e. The van der Waals surface area contributed by atoms with Crippen molar-refractivity contribution < 1.29 is 4.79 Å². The number of fused-ring (bicyclic) bond motifs is 1. The third kappa shape index (κ3) is 2.85. The van der Waals surface area contributed by atoms with Crippen LogP contribution in [0.2, 0.25) is 0 Å². The first-order chi connectivity index (χ1) is 8.04. The predicted molar refractivity (Wildman–Crippen MR) is 75.6 cm³/mol. The van der Waals surface area contributed by atoms with Gasteiger partial charge in [-0.2, -0.15) is 0 Å². The molecule has 1 aromatic carbocycles. The van der Waals surface area contributed by atoms with Gasteiger partial charge in [-0.25, -0.2) is 0 Å². The highest BCUT2D eigenvalue weighted by Gasteiger charge is 2.32. The van der Waals surface area contributed by atoms with E-state index in [0.717, 1.165) is 19.5 Å². The van der Waals surface area contributed by atoms with E-state index in [2.05, 4.69) is 18.2 Å². The molecule has 0 aliphatic carbocycles. The summed E-state index contributed by atoms with van der Waals surface area (Å²) in [6.07, 6.45) is 0.947. The van der Waals surface area contributed by atoms with Gasteiger partial charge in [0.25, 0.3) is 0 Å². The molecule has 0 saturated heterocycles. The second kappa shape index (κ2) is 5.72. The summed E-state index contributed by atoms with van der Waals surface area (Å²) in [5, 5.41) is 0. The average molecular weight is 269 g/mol. The van der Waals surface area contributed by atoms with Crippen molar-refractivity contribution in [3.05, 3.63) is 35.4 Å². The first-order valence-corrected chi connectivity index (χ1v) is 6.11. The summed E-state index contributed by atoms with van der Waals surface area (Å²) in [4.78, 5) is 14.2. The van der Waals surface area contributed by atoms with Crippen LogP contribution in [0.15, 0.2) is 24.3 Å². The van der Waals surface area contributed by atoms with Crippen LogP contribution in [-0.2, 0) is 17.8 Å². The van der Waals surface area contributed by atoms with Gasteiger partial charge in [-0.3, -0.25) is 4.79 Å². The molecule has 18 heavy (non-hydrogen) atoms. The Morgan fingerprint density at radius 3 is 2.56 bits per heavy atom. The van der Waals surface area contributed by atoms with Gasteiger partial charge in [0.15, 0.2) is 0 Å². The average Bonchev–Trinajstić information content (AvgIpc) is 2.37. The molecule has 100 valence electrons. The molecule has 1 aliphatic heterocycles. The Balaban J connectivity index is 0.00000162. The van der Waals surface area contributed by atoms with Crippen LogP contribution < -0.4 is 5.73 Å².